The Morgan fingerprint density at radius 1 is 0.556 bits per heavy atom. The third-order valence-corrected chi connectivity index (χ3v) is 5.25. The van der Waals surface area contributed by atoms with E-state index < -0.39 is 35.2 Å². The number of ether oxygens (including phenoxy) is 2. The van der Waals surface area contributed by atoms with Gasteiger partial charge in [-0.2, -0.15) is 12.2 Å². The van der Waals surface area contributed by atoms with E-state index in [1.165, 1.54) is 24.3 Å². The monoisotopic (exact) mass is 644 g/mol. The molecule has 2 aliphatic carbocycles. The quantitative estimate of drug-likeness (QED) is 0.0735. The molecule has 2 aliphatic rings. The molecule has 0 fully saturated rings. The molecular weight excluding hydrogens is 620 g/mol. The average Bonchev–Trinajstić information content (AvgIpc) is 3.82. The standard InChI is InChI=1S/2C13H7F2O2.2C5H5.Ti/c2*14-10-6-7-12(11(15)8-10)17-13(16)9-4-2-1-3-5-9;2*1-2-4-5-3-1;/h2*1-7H;2*1-3H,4H2;/q4*-1;+4. The van der Waals surface area contributed by atoms with Gasteiger partial charge in [-0.1, -0.05) is 36.4 Å². The van der Waals surface area contributed by atoms with Crippen LogP contribution in [0.5, 0.6) is 11.5 Å². The number of hydrogen-bond donors (Lipinski definition) is 0. The van der Waals surface area contributed by atoms with Crippen molar-refractivity contribution in [1.82, 2.24) is 0 Å². The maximum atomic E-state index is 13.2. The predicted octanol–water partition coefficient (Wildman–Crippen LogP) is 8.58. The van der Waals surface area contributed by atoms with Crippen molar-refractivity contribution >= 4 is 11.9 Å². The van der Waals surface area contributed by atoms with Crippen LogP contribution in [0.4, 0.5) is 17.6 Å². The third-order valence-electron chi connectivity index (χ3n) is 5.25. The molecule has 0 bridgehead atoms. The van der Waals surface area contributed by atoms with Gasteiger partial charge in [0.1, 0.15) is 0 Å². The normalized spacial score (nSPS) is 11.5. The van der Waals surface area contributed by atoms with Gasteiger partial charge >= 0.3 is 33.7 Å². The fourth-order valence-electron chi connectivity index (χ4n) is 3.16. The Morgan fingerprint density at radius 2 is 0.933 bits per heavy atom. The van der Waals surface area contributed by atoms with Crippen LogP contribution in [0.25, 0.3) is 0 Å². The van der Waals surface area contributed by atoms with Crippen molar-refractivity contribution < 1.29 is 58.3 Å². The van der Waals surface area contributed by atoms with Crippen LogP contribution < -0.4 is 9.47 Å². The van der Waals surface area contributed by atoms with E-state index in [0.717, 1.165) is 37.1 Å². The summed E-state index contributed by atoms with van der Waals surface area (Å²) >= 11 is 0. The van der Waals surface area contributed by atoms with Gasteiger partial charge in [-0.05, 0) is 24.3 Å². The number of hydrogen-bond acceptors (Lipinski definition) is 4. The summed E-state index contributed by atoms with van der Waals surface area (Å²) < 4.78 is 61.0. The van der Waals surface area contributed by atoms with Crippen LogP contribution in [0.1, 0.15) is 33.6 Å². The zero-order chi connectivity index (χ0) is 31.6. The third kappa shape index (κ3) is 13.6. The van der Waals surface area contributed by atoms with Gasteiger partial charge in [-0.15, -0.1) is 49.2 Å². The van der Waals surface area contributed by atoms with E-state index in [1.807, 2.05) is 24.3 Å². The van der Waals surface area contributed by atoms with Crippen molar-refractivity contribution in [3.05, 3.63) is 180 Å². The minimum absolute atomic E-state index is 0. The van der Waals surface area contributed by atoms with Crippen molar-refractivity contribution in [2.75, 3.05) is 0 Å². The largest absolute Gasteiger partial charge is 4.00 e. The van der Waals surface area contributed by atoms with Gasteiger partial charge in [0.25, 0.3) is 0 Å². The van der Waals surface area contributed by atoms with E-state index in [4.69, 9.17) is 9.47 Å². The van der Waals surface area contributed by atoms with Crippen LogP contribution in [0.2, 0.25) is 0 Å². The zero-order valence-corrected chi connectivity index (χ0v) is 25.2. The van der Waals surface area contributed by atoms with E-state index >= 15 is 0 Å². The fourth-order valence-corrected chi connectivity index (χ4v) is 3.16. The topological polar surface area (TPSA) is 52.6 Å². The van der Waals surface area contributed by atoms with Crippen molar-refractivity contribution in [1.29, 1.82) is 0 Å². The van der Waals surface area contributed by atoms with Crippen LogP contribution >= 0.6 is 0 Å². The summed E-state index contributed by atoms with van der Waals surface area (Å²) in [5, 5.41) is 0. The Labute approximate surface area is 273 Å². The number of carbonyl (C=O) groups is 2. The second-order valence-electron chi connectivity index (χ2n) is 8.49. The first kappa shape index (κ1) is 36.4. The predicted molar refractivity (Wildman–Crippen MR) is 156 cm³/mol. The number of allylic oxidation sites excluding steroid dienone is 8. The van der Waals surface area contributed by atoms with Crippen LogP contribution in [-0.2, 0) is 21.7 Å². The molecule has 0 amide bonds. The van der Waals surface area contributed by atoms with Gasteiger partial charge in [-0.3, -0.25) is 12.2 Å². The molecule has 4 aromatic carbocycles. The van der Waals surface area contributed by atoms with Gasteiger partial charge in [0.15, 0.2) is 0 Å². The summed E-state index contributed by atoms with van der Waals surface area (Å²) in [5.74, 6) is -5.86. The number of benzene rings is 4. The summed E-state index contributed by atoms with van der Waals surface area (Å²) in [6.45, 7) is 0. The molecule has 0 saturated heterocycles. The van der Waals surface area contributed by atoms with Crippen LogP contribution in [0, 0.1) is 47.6 Å². The van der Waals surface area contributed by atoms with Crippen LogP contribution in [0.3, 0.4) is 0 Å². The molecule has 4 aromatic rings. The van der Waals surface area contributed by atoms with Gasteiger partial charge in [-0.25, -0.2) is 51.5 Å². The molecule has 224 valence electrons. The summed E-state index contributed by atoms with van der Waals surface area (Å²) in [5.41, 5.74) is 0.576. The molecule has 0 atom stereocenters. The SMILES string of the molecule is O=C(Oc1ccc(F)[c-]c1F)c1ccccc1.O=C(Oc1ccc(F)[c-]c1F)c1ccccc1.[C-]1=CC=CC1.[C-]1=CC=CC1.[Ti+4]. The van der Waals surface area contributed by atoms with Gasteiger partial charge in [0.05, 0.1) is 34.3 Å². The van der Waals surface area contributed by atoms with Crippen molar-refractivity contribution in [2.24, 2.45) is 0 Å². The Morgan fingerprint density at radius 3 is 1.20 bits per heavy atom. The van der Waals surface area contributed by atoms with Crippen molar-refractivity contribution in [3.8, 4) is 11.5 Å². The number of halogens is 4. The molecule has 0 unspecified atom stereocenters. The number of esters is 2. The molecule has 0 heterocycles. The average molecular weight is 644 g/mol. The molecule has 9 heteroatoms. The van der Waals surface area contributed by atoms with Gasteiger partial charge in [0, 0.05) is 11.6 Å². The van der Waals surface area contributed by atoms with E-state index in [9.17, 15) is 27.2 Å². The zero-order valence-electron chi connectivity index (χ0n) is 23.6. The molecule has 0 aliphatic heterocycles. The Balaban J connectivity index is 0.000000235. The van der Waals surface area contributed by atoms with E-state index in [2.05, 4.69) is 24.3 Å². The first-order chi connectivity index (χ1) is 21.3. The smallest absolute Gasteiger partial charge is 0.484 e. The molecule has 4 nitrogen and oxygen atoms in total. The molecule has 0 N–H and O–H groups in total. The van der Waals surface area contributed by atoms with Gasteiger partial charge < -0.3 is 9.47 Å². The minimum atomic E-state index is -1.03. The molecule has 45 heavy (non-hydrogen) atoms. The minimum Gasteiger partial charge on any atom is -0.484 e. The van der Waals surface area contributed by atoms with Crippen molar-refractivity contribution in [3.63, 3.8) is 0 Å². The second-order valence-corrected chi connectivity index (χ2v) is 8.49. The Hall–Kier alpha value is -4.79. The summed E-state index contributed by atoms with van der Waals surface area (Å²) in [6, 6.07) is 23.8. The summed E-state index contributed by atoms with van der Waals surface area (Å²) in [6.07, 6.45) is 20.0. The Bertz CT molecular complexity index is 1490. The first-order valence-corrected chi connectivity index (χ1v) is 13.1. The first-order valence-electron chi connectivity index (χ1n) is 13.1. The molecule has 6 rings (SSSR count). The van der Waals surface area contributed by atoms with Crippen molar-refractivity contribution in [2.45, 2.75) is 12.8 Å². The van der Waals surface area contributed by atoms with Crippen LogP contribution in [0.15, 0.2) is 121 Å². The fraction of sp³-hybridized carbons (Fsp3) is 0.0556. The van der Waals surface area contributed by atoms with E-state index in [0.29, 0.717) is 0 Å². The van der Waals surface area contributed by atoms with E-state index in [-0.39, 0.29) is 44.3 Å². The molecule has 0 saturated carbocycles. The molecule has 0 spiro atoms. The second kappa shape index (κ2) is 20.2. The molecule has 0 aromatic heterocycles. The number of rotatable bonds is 4. The number of carbonyl (C=O) groups excluding carboxylic acids is 2. The maximum Gasteiger partial charge on any atom is 4.00 e. The van der Waals surface area contributed by atoms with Gasteiger partial charge in [0.2, 0.25) is 0 Å². The molecule has 0 radical (unpaired) electrons. The summed E-state index contributed by atoms with van der Waals surface area (Å²) in [4.78, 5) is 23.1. The molecular formula is C36H24F4O4Ti. The summed E-state index contributed by atoms with van der Waals surface area (Å²) in [7, 11) is 0. The van der Waals surface area contributed by atoms with E-state index in [1.54, 1.807) is 48.5 Å². The maximum absolute atomic E-state index is 13.2. The Kier molecular flexibility index (Phi) is 16.4. The van der Waals surface area contributed by atoms with Crippen LogP contribution in [-0.4, -0.2) is 11.9 Å².